The van der Waals surface area contributed by atoms with Crippen molar-refractivity contribution in [2.24, 2.45) is 0 Å². The molecule has 0 fully saturated rings. The molecule has 6 nitrogen and oxygen atoms in total. The summed E-state index contributed by atoms with van der Waals surface area (Å²) in [4.78, 5) is 15.1. The minimum Gasteiger partial charge on any atom is -0.496 e. The Labute approximate surface area is 164 Å². The average molecular weight is 376 g/mol. The van der Waals surface area contributed by atoms with Crippen LogP contribution in [0.2, 0.25) is 0 Å². The van der Waals surface area contributed by atoms with Gasteiger partial charge in [0, 0.05) is 22.9 Å². The SMILES string of the molecule is COc1c(/C=C/c2ccc(N)nn2)cc(-c2ccc[nH]c2=O)cc1C(C)(C)C. The van der Waals surface area contributed by atoms with Crippen LogP contribution in [0.15, 0.2) is 47.4 Å². The van der Waals surface area contributed by atoms with Gasteiger partial charge in [-0.15, -0.1) is 10.2 Å². The van der Waals surface area contributed by atoms with Gasteiger partial charge in [0.25, 0.3) is 5.56 Å². The molecule has 0 aliphatic heterocycles. The van der Waals surface area contributed by atoms with Crippen molar-refractivity contribution >= 4 is 18.0 Å². The number of nitrogens with one attached hydrogen (secondary N) is 1. The summed E-state index contributed by atoms with van der Waals surface area (Å²) in [6.45, 7) is 6.34. The molecule has 2 aromatic heterocycles. The van der Waals surface area contributed by atoms with Crippen molar-refractivity contribution < 1.29 is 4.74 Å². The molecule has 6 heteroatoms. The van der Waals surface area contributed by atoms with E-state index in [0.29, 0.717) is 17.1 Å². The summed E-state index contributed by atoms with van der Waals surface area (Å²) in [6, 6.07) is 11.1. The molecule has 0 amide bonds. The highest BCUT2D eigenvalue weighted by Crippen LogP contribution is 2.38. The van der Waals surface area contributed by atoms with Crippen LogP contribution >= 0.6 is 0 Å². The van der Waals surface area contributed by atoms with Crippen LogP contribution in [0, 0.1) is 0 Å². The number of aromatic amines is 1. The Morgan fingerprint density at radius 3 is 2.50 bits per heavy atom. The summed E-state index contributed by atoms with van der Waals surface area (Å²) in [5, 5.41) is 7.92. The Balaban J connectivity index is 2.19. The van der Waals surface area contributed by atoms with Gasteiger partial charge >= 0.3 is 0 Å². The Bertz CT molecular complexity index is 1060. The van der Waals surface area contributed by atoms with Gasteiger partial charge in [0.15, 0.2) is 0 Å². The molecule has 28 heavy (non-hydrogen) atoms. The van der Waals surface area contributed by atoms with E-state index >= 15 is 0 Å². The molecular formula is C22H24N4O2. The van der Waals surface area contributed by atoms with Crippen LogP contribution in [0.1, 0.15) is 37.6 Å². The predicted octanol–water partition coefficient (Wildman–Crippen LogP) is 3.89. The van der Waals surface area contributed by atoms with E-state index in [1.165, 1.54) is 0 Å². The maximum absolute atomic E-state index is 12.3. The number of hydrogen-bond acceptors (Lipinski definition) is 5. The Morgan fingerprint density at radius 2 is 1.89 bits per heavy atom. The number of nitrogen functional groups attached to an aromatic ring is 1. The number of ether oxygens (including phenoxy) is 1. The maximum Gasteiger partial charge on any atom is 0.255 e. The zero-order valence-corrected chi connectivity index (χ0v) is 16.5. The maximum atomic E-state index is 12.3. The molecule has 0 saturated heterocycles. The summed E-state index contributed by atoms with van der Waals surface area (Å²) in [5.74, 6) is 1.14. The van der Waals surface area contributed by atoms with Gasteiger partial charge in [-0.05, 0) is 59.5 Å². The van der Waals surface area contributed by atoms with Crippen molar-refractivity contribution in [3.63, 3.8) is 0 Å². The molecule has 0 bridgehead atoms. The number of H-pyrrole nitrogens is 1. The number of nitrogens with two attached hydrogens (primary N) is 1. The Morgan fingerprint density at radius 1 is 1.11 bits per heavy atom. The standard InChI is InChI=1S/C22H24N4O2/c1-22(2,3)18-13-15(17-6-5-11-24-21(17)27)12-14(20(18)28-4)7-8-16-9-10-19(23)26-25-16/h5-13H,1-4H3,(H2,23,26)(H,24,27)/b8-7+. The second-order valence-electron chi connectivity index (χ2n) is 7.53. The van der Waals surface area contributed by atoms with E-state index < -0.39 is 0 Å². The van der Waals surface area contributed by atoms with Crippen LogP contribution in [-0.4, -0.2) is 22.3 Å². The van der Waals surface area contributed by atoms with Crippen molar-refractivity contribution in [3.8, 4) is 16.9 Å². The van der Waals surface area contributed by atoms with Gasteiger partial charge in [-0.3, -0.25) is 4.79 Å². The molecule has 1 aromatic carbocycles. The van der Waals surface area contributed by atoms with Gasteiger partial charge in [-0.2, -0.15) is 0 Å². The summed E-state index contributed by atoms with van der Waals surface area (Å²) in [7, 11) is 1.65. The second-order valence-corrected chi connectivity index (χ2v) is 7.53. The quantitative estimate of drug-likeness (QED) is 0.720. The normalized spacial score (nSPS) is 11.7. The Kier molecular flexibility index (Phi) is 5.31. The molecule has 0 atom stereocenters. The number of pyridine rings is 1. The molecule has 2 heterocycles. The first-order chi connectivity index (χ1) is 13.3. The Hall–Kier alpha value is -3.41. The van der Waals surface area contributed by atoms with E-state index in [9.17, 15) is 4.79 Å². The van der Waals surface area contributed by atoms with E-state index in [4.69, 9.17) is 10.5 Å². The van der Waals surface area contributed by atoms with E-state index in [2.05, 4.69) is 36.0 Å². The number of aromatic nitrogens is 3. The number of nitrogens with zero attached hydrogens (tertiary/aromatic N) is 2. The lowest BCUT2D eigenvalue weighted by Gasteiger charge is -2.24. The molecule has 144 valence electrons. The third-order valence-corrected chi connectivity index (χ3v) is 4.40. The number of rotatable bonds is 4. The highest BCUT2D eigenvalue weighted by Gasteiger charge is 2.22. The smallest absolute Gasteiger partial charge is 0.255 e. The molecule has 0 aliphatic rings. The monoisotopic (exact) mass is 376 g/mol. The third kappa shape index (κ3) is 4.11. The molecule has 0 radical (unpaired) electrons. The first-order valence-corrected chi connectivity index (χ1v) is 8.97. The highest BCUT2D eigenvalue weighted by molar-refractivity contribution is 5.78. The zero-order chi connectivity index (χ0) is 20.3. The van der Waals surface area contributed by atoms with E-state index in [1.807, 2.05) is 36.4 Å². The third-order valence-electron chi connectivity index (χ3n) is 4.40. The number of methoxy groups -OCH3 is 1. The number of anilines is 1. The summed E-state index contributed by atoms with van der Waals surface area (Å²) < 4.78 is 5.74. The lowest BCUT2D eigenvalue weighted by Crippen LogP contribution is -2.15. The second kappa shape index (κ2) is 7.68. The molecule has 0 saturated carbocycles. The fraction of sp³-hybridized carbons (Fsp3) is 0.227. The van der Waals surface area contributed by atoms with Gasteiger partial charge in [0.2, 0.25) is 0 Å². The lowest BCUT2D eigenvalue weighted by atomic mass is 9.83. The minimum absolute atomic E-state index is 0.133. The van der Waals surface area contributed by atoms with Crippen LogP contribution in [0.25, 0.3) is 23.3 Å². The fourth-order valence-corrected chi connectivity index (χ4v) is 2.98. The van der Waals surface area contributed by atoms with Crippen LogP contribution < -0.4 is 16.0 Å². The topological polar surface area (TPSA) is 93.9 Å². The highest BCUT2D eigenvalue weighted by atomic mass is 16.5. The van der Waals surface area contributed by atoms with Crippen LogP contribution in [0.5, 0.6) is 5.75 Å². The molecule has 0 unspecified atom stereocenters. The molecule has 3 N–H and O–H groups in total. The average Bonchev–Trinajstić information content (AvgIpc) is 2.66. The van der Waals surface area contributed by atoms with Crippen molar-refractivity contribution in [1.82, 2.24) is 15.2 Å². The largest absolute Gasteiger partial charge is 0.496 e. The van der Waals surface area contributed by atoms with E-state index in [-0.39, 0.29) is 11.0 Å². The van der Waals surface area contributed by atoms with Gasteiger partial charge in [0.1, 0.15) is 11.6 Å². The van der Waals surface area contributed by atoms with E-state index in [1.54, 1.807) is 25.4 Å². The van der Waals surface area contributed by atoms with Gasteiger partial charge < -0.3 is 15.5 Å². The summed E-state index contributed by atoms with van der Waals surface area (Å²) >= 11 is 0. The van der Waals surface area contributed by atoms with Crippen molar-refractivity contribution in [2.75, 3.05) is 12.8 Å². The van der Waals surface area contributed by atoms with E-state index in [0.717, 1.165) is 22.4 Å². The molecular weight excluding hydrogens is 352 g/mol. The van der Waals surface area contributed by atoms with Crippen molar-refractivity contribution in [2.45, 2.75) is 26.2 Å². The molecule has 0 spiro atoms. The summed E-state index contributed by atoms with van der Waals surface area (Å²) in [6.07, 6.45) is 5.38. The van der Waals surface area contributed by atoms with Crippen molar-refractivity contribution in [1.29, 1.82) is 0 Å². The van der Waals surface area contributed by atoms with Crippen molar-refractivity contribution in [3.05, 3.63) is 69.8 Å². The minimum atomic E-state index is -0.174. The molecule has 0 aliphatic carbocycles. The van der Waals surface area contributed by atoms with Crippen LogP contribution in [0.4, 0.5) is 5.82 Å². The van der Waals surface area contributed by atoms with Gasteiger partial charge in [-0.25, -0.2) is 0 Å². The number of benzene rings is 1. The molecule has 3 rings (SSSR count). The zero-order valence-electron chi connectivity index (χ0n) is 16.5. The van der Waals surface area contributed by atoms with Gasteiger partial charge in [-0.1, -0.05) is 20.8 Å². The first kappa shape index (κ1) is 19.4. The summed E-state index contributed by atoms with van der Waals surface area (Å²) in [5.41, 5.74) is 9.27. The predicted molar refractivity (Wildman–Crippen MR) is 113 cm³/mol. The molecule has 3 aromatic rings. The number of hydrogen-bond donors (Lipinski definition) is 2. The first-order valence-electron chi connectivity index (χ1n) is 8.97. The van der Waals surface area contributed by atoms with Gasteiger partial charge in [0.05, 0.1) is 12.8 Å². The lowest BCUT2D eigenvalue weighted by molar-refractivity contribution is 0.397. The van der Waals surface area contributed by atoms with Crippen LogP contribution in [-0.2, 0) is 5.41 Å². The fourth-order valence-electron chi connectivity index (χ4n) is 2.98. The van der Waals surface area contributed by atoms with Crippen LogP contribution in [0.3, 0.4) is 0 Å².